The highest BCUT2D eigenvalue weighted by Crippen LogP contribution is 2.44. The number of rotatable bonds is 0. The van der Waals surface area contributed by atoms with E-state index in [0.717, 1.165) is 25.2 Å². The van der Waals surface area contributed by atoms with Crippen LogP contribution in [0.5, 0.6) is 0 Å². The summed E-state index contributed by atoms with van der Waals surface area (Å²) in [5.41, 5.74) is 4.24. The first-order valence-electron chi connectivity index (χ1n) is 5.21. The monoisotopic (exact) mass is 208 g/mol. The van der Waals surface area contributed by atoms with Crippen molar-refractivity contribution in [2.24, 2.45) is 0 Å². The number of hydrogen-bond acceptors (Lipinski definition) is 1. The second-order valence-electron chi connectivity index (χ2n) is 4.46. The lowest BCUT2D eigenvalue weighted by molar-refractivity contribution is 0.578. The van der Waals surface area contributed by atoms with Crippen molar-refractivity contribution in [3.05, 3.63) is 34.9 Å². The Balaban J connectivity index is 2.39. The average Bonchev–Trinajstić information content (AvgIpc) is 2.27. The molecule has 1 aromatic carbocycles. The SMILES string of the molecule is Cc1cccc2c1CCP(C)(=O)CC2. The molecule has 1 aromatic rings. The van der Waals surface area contributed by atoms with Gasteiger partial charge in [0, 0.05) is 12.3 Å². The van der Waals surface area contributed by atoms with Crippen molar-refractivity contribution in [3.63, 3.8) is 0 Å². The summed E-state index contributed by atoms with van der Waals surface area (Å²) in [6.07, 6.45) is 3.80. The van der Waals surface area contributed by atoms with Crippen LogP contribution in [0.15, 0.2) is 18.2 Å². The second-order valence-corrected chi connectivity index (χ2v) is 7.94. The van der Waals surface area contributed by atoms with E-state index < -0.39 is 7.14 Å². The fourth-order valence-corrected chi connectivity index (χ4v) is 3.81. The highest BCUT2D eigenvalue weighted by atomic mass is 31.2. The summed E-state index contributed by atoms with van der Waals surface area (Å²) in [5.74, 6) is 0. The van der Waals surface area contributed by atoms with Crippen molar-refractivity contribution < 1.29 is 4.57 Å². The molecule has 0 N–H and O–H groups in total. The third kappa shape index (κ3) is 1.93. The molecule has 1 aliphatic rings. The van der Waals surface area contributed by atoms with Crippen LogP contribution in [0.1, 0.15) is 16.7 Å². The summed E-state index contributed by atoms with van der Waals surface area (Å²) in [4.78, 5) is 0. The molecule has 76 valence electrons. The highest BCUT2D eigenvalue weighted by molar-refractivity contribution is 7.63. The smallest absolute Gasteiger partial charge is 0.0854 e. The molecule has 0 saturated carbocycles. The Kier molecular flexibility index (Phi) is 2.53. The van der Waals surface area contributed by atoms with Gasteiger partial charge in [-0.3, -0.25) is 0 Å². The second kappa shape index (κ2) is 3.55. The van der Waals surface area contributed by atoms with Gasteiger partial charge < -0.3 is 4.57 Å². The van der Waals surface area contributed by atoms with Crippen molar-refractivity contribution in [2.75, 3.05) is 19.0 Å². The standard InChI is InChI=1S/C12H17OP/c1-10-4-3-5-11-6-8-14(2,13)9-7-12(10)11/h3-5H,6-9H2,1-2H3. The van der Waals surface area contributed by atoms with Crippen LogP contribution in [0.2, 0.25) is 0 Å². The molecule has 0 spiro atoms. The Labute approximate surface area is 85.9 Å². The molecular weight excluding hydrogens is 191 g/mol. The summed E-state index contributed by atoms with van der Waals surface area (Å²) in [6, 6.07) is 6.46. The van der Waals surface area contributed by atoms with Gasteiger partial charge in [0.15, 0.2) is 0 Å². The summed E-state index contributed by atoms with van der Waals surface area (Å²) >= 11 is 0. The molecule has 1 aliphatic heterocycles. The number of hydrogen-bond donors (Lipinski definition) is 0. The Morgan fingerprint density at radius 3 is 2.71 bits per heavy atom. The van der Waals surface area contributed by atoms with Crippen LogP contribution < -0.4 is 0 Å². The highest BCUT2D eigenvalue weighted by Gasteiger charge is 2.21. The molecule has 1 unspecified atom stereocenters. The maximum atomic E-state index is 12.0. The van der Waals surface area contributed by atoms with E-state index in [9.17, 15) is 4.57 Å². The molecule has 0 aromatic heterocycles. The molecule has 14 heavy (non-hydrogen) atoms. The van der Waals surface area contributed by atoms with Gasteiger partial charge >= 0.3 is 0 Å². The summed E-state index contributed by atoms with van der Waals surface area (Å²) in [5, 5.41) is 0. The van der Waals surface area contributed by atoms with Crippen LogP contribution in [0.4, 0.5) is 0 Å². The Morgan fingerprint density at radius 1 is 1.21 bits per heavy atom. The maximum absolute atomic E-state index is 12.0. The fraction of sp³-hybridized carbons (Fsp3) is 0.500. The number of aryl methyl sites for hydroxylation is 2. The minimum Gasteiger partial charge on any atom is -0.324 e. The minimum atomic E-state index is -1.83. The van der Waals surface area contributed by atoms with Gasteiger partial charge in [-0.25, -0.2) is 0 Å². The average molecular weight is 208 g/mol. The molecular formula is C12H17OP. The van der Waals surface area contributed by atoms with Gasteiger partial charge in [-0.1, -0.05) is 18.2 Å². The number of benzene rings is 1. The van der Waals surface area contributed by atoms with E-state index in [4.69, 9.17) is 0 Å². The Bertz CT molecular complexity index is 395. The molecule has 0 aliphatic carbocycles. The minimum absolute atomic E-state index is 0.892. The molecule has 2 rings (SSSR count). The predicted molar refractivity (Wildman–Crippen MR) is 61.9 cm³/mol. The quantitative estimate of drug-likeness (QED) is 0.599. The molecule has 1 atom stereocenters. The van der Waals surface area contributed by atoms with E-state index >= 15 is 0 Å². The van der Waals surface area contributed by atoms with Crippen LogP contribution in [0, 0.1) is 6.92 Å². The zero-order valence-corrected chi connectivity index (χ0v) is 9.81. The first-order valence-corrected chi connectivity index (χ1v) is 7.74. The molecule has 2 heteroatoms. The van der Waals surface area contributed by atoms with Crippen molar-refractivity contribution in [2.45, 2.75) is 19.8 Å². The Hall–Kier alpha value is -0.550. The van der Waals surface area contributed by atoms with Crippen molar-refractivity contribution >= 4 is 7.14 Å². The maximum Gasteiger partial charge on any atom is 0.0854 e. The molecule has 0 fully saturated rings. The van der Waals surface area contributed by atoms with Crippen molar-refractivity contribution in [1.82, 2.24) is 0 Å². The summed E-state index contributed by atoms with van der Waals surface area (Å²) < 4.78 is 12.0. The van der Waals surface area contributed by atoms with Gasteiger partial charge in [0.05, 0.1) is 7.14 Å². The van der Waals surface area contributed by atoms with E-state index in [1.165, 1.54) is 16.7 Å². The summed E-state index contributed by atoms with van der Waals surface area (Å²) in [6.45, 7) is 4.11. The molecule has 1 heterocycles. The van der Waals surface area contributed by atoms with E-state index in [1.807, 2.05) is 6.66 Å². The first-order chi connectivity index (χ1) is 6.58. The van der Waals surface area contributed by atoms with Gasteiger partial charge in [0.25, 0.3) is 0 Å². The lowest BCUT2D eigenvalue weighted by Crippen LogP contribution is -1.95. The third-order valence-corrected chi connectivity index (χ3v) is 5.54. The lowest BCUT2D eigenvalue weighted by Gasteiger charge is -2.07. The topological polar surface area (TPSA) is 17.1 Å². The summed E-state index contributed by atoms with van der Waals surface area (Å²) in [7, 11) is -1.83. The van der Waals surface area contributed by atoms with E-state index in [-0.39, 0.29) is 0 Å². The van der Waals surface area contributed by atoms with Crippen LogP contribution in [0.25, 0.3) is 0 Å². The van der Waals surface area contributed by atoms with E-state index in [1.54, 1.807) is 0 Å². The van der Waals surface area contributed by atoms with Crippen LogP contribution in [0.3, 0.4) is 0 Å². The lowest BCUT2D eigenvalue weighted by atomic mass is 9.98. The van der Waals surface area contributed by atoms with Gasteiger partial charge in [0.1, 0.15) is 0 Å². The number of fused-ring (bicyclic) bond motifs is 1. The zero-order valence-electron chi connectivity index (χ0n) is 8.92. The van der Waals surface area contributed by atoms with Crippen LogP contribution in [-0.2, 0) is 17.4 Å². The molecule has 0 radical (unpaired) electrons. The van der Waals surface area contributed by atoms with Gasteiger partial charge in [-0.05, 0) is 43.1 Å². The van der Waals surface area contributed by atoms with Crippen LogP contribution >= 0.6 is 7.14 Å². The molecule has 0 bridgehead atoms. The van der Waals surface area contributed by atoms with Crippen molar-refractivity contribution in [1.29, 1.82) is 0 Å². The van der Waals surface area contributed by atoms with Gasteiger partial charge in [0.2, 0.25) is 0 Å². The predicted octanol–water partition coefficient (Wildman–Crippen LogP) is 3.09. The van der Waals surface area contributed by atoms with Crippen LogP contribution in [-0.4, -0.2) is 19.0 Å². The largest absolute Gasteiger partial charge is 0.324 e. The van der Waals surface area contributed by atoms with Gasteiger partial charge in [-0.2, -0.15) is 0 Å². The zero-order chi connectivity index (χ0) is 10.2. The molecule has 1 nitrogen and oxygen atoms in total. The molecule has 0 amide bonds. The van der Waals surface area contributed by atoms with Gasteiger partial charge in [-0.15, -0.1) is 0 Å². The third-order valence-electron chi connectivity index (χ3n) is 3.20. The fourth-order valence-electron chi connectivity index (χ4n) is 2.17. The van der Waals surface area contributed by atoms with E-state index in [2.05, 4.69) is 25.1 Å². The first kappa shape index (κ1) is 9.98. The Morgan fingerprint density at radius 2 is 1.93 bits per heavy atom. The molecule has 0 saturated heterocycles. The van der Waals surface area contributed by atoms with E-state index in [0.29, 0.717) is 0 Å². The normalized spacial score (nSPS) is 26.7. The van der Waals surface area contributed by atoms with Crippen molar-refractivity contribution in [3.8, 4) is 0 Å².